The first kappa shape index (κ1) is 23.8. The molecular formula is C27H32N2O5. The van der Waals surface area contributed by atoms with Gasteiger partial charge in [-0.3, -0.25) is 9.59 Å². The first-order valence-corrected chi connectivity index (χ1v) is 11.8. The fraction of sp³-hybridized carbons (Fsp3) is 0.444. The highest BCUT2D eigenvalue weighted by Crippen LogP contribution is 2.44. The van der Waals surface area contributed by atoms with Crippen molar-refractivity contribution in [2.75, 3.05) is 19.7 Å². The minimum Gasteiger partial charge on any atom is -0.481 e. The highest BCUT2D eigenvalue weighted by atomic mass is 16.5. The van der Waals surface area contributed by atoms with Crippen LogP contribution in [-0.2, 0) is 14.3 Å². The number of nitrogens with one attached hydrogen (secondary N) is 1. The van der Waals surface area contributed by atoms with E-state index in [2.05, 4.69) is 29.6 Å². The molecule has 7 heteroatoms. The lowest BCUT2D eigenvalue weighted by Gasteiger charge is -2.41. The van der Waals surface area contributed by atoms with Crippen molar-refractivity contribution in [1.29, 1.82) is 0 Å². The maximum Gasteiger partial charge on any atom is 0.408 e. The molecule has 2 aliphatic rings. The van der Waals surface area contributed by atoms with Crippen molar-refractivity contribution < 1.29 is 24.2 Å². The van der Waals surface area contributed by atoms with Gasteiger partial charge in [0.15, 0.2) is 0 Å². The number of carbonyl (C=O) groups is 3. The Labute approximate surface area is 200 Å². The third-order valence-electron chi connectivity index (χ3n) is 7.40. The average molecular weight is 465 g/mol. The molecule has 0 spiro atoms. The van der Waals surface area contributed by atoms with Gasteiger partial charge in [0.05, 0.1) is 5.41 Å². The molecule has 34 heavy (non-hydrogen) atoms. The predicted molar refractivity (Wildman–Crippen MR) is 128 cm³/mol. The number of fused-ring (bicyclic) bond motifs is 3. The number of aliphatic carboxylic acids is 1. The molecule has 2 N–H and O–H groups in total. The van der Waals surface area contributed by atoms with Crippen molar-refractivity contribution in [3.8, 4) is 11.1 Å². The summed E-state index contributed by atoms with van der Waals surface area (Å²) in [6, 6.07) is 16.2. The zero-order valence-corrected chi connectivity index (χ0v) is 20.0. The molecule has 180 valence electrons. The Hall–Kier alpha value is -3.35. The van der Waals surface area contributed by atoms with Crippen molar-refractivity contribution in [2.45, 2.75) is 51.5 Å². The summed E-state index contributed by atoms with van der Waals surface area (Å²) in [6.07, 6.45) is 0.835. The topological polar surface area (TPSA) is 95.9 Å². The quantitative estimate of drug-likeness (QED) is 0.660. The maximum absolute atomic E-state index is 13.3. The fourth-order valence-electron chi connectivity index (χ4n) is 5.09. The highest BCUT2D eigenvalue weighted by Gasteiger charge is 2.44. The number of benzene rings is 2. The number of ether oxygens (including phenoxy) is 1. The number of carboxylic acid groups (broad SMARTS) is 1. The van der Waals surface area contributed by atoms with E-state index in [1.165, 1.54) is 0 Å². The number of likely N-dealkylation sites (tertiary alicyclic amines) is 1. The Kier molecular flexibility index (Phi) is 6.39. The lowest BCUT2D eigenvalue weighted by atomic mass is 9.81. The molecule has 2 amide bonds. The van der Waals surface area contributed by atoms with Crippen LogP contribution in [0.2, 0.25) is 0 Å². The van der Waals surface area contributed by atoms with Crippen LogP contribution in [0.25, 0.3) is 11.1 Å². The van der Waals surface area contributed by atoms with Crippen LogP contribution in [0.3, 0.4) is 0 Å². The number of nitrogens with zero attached hydrogens (tertiary/aromatic N) is 1. The van der Waals surface area contributed by atoms with Crippen LogP contribution >= 0.6 is 0 Å². The van der Waals surface area contributed by atoms with Crippen molar-refractivity contribution in [1.82, 2.24) is 10.2 Å². The third-order valence-corrected chi connectivity index (χ3v) is 7.40. The van der Waals surface area contributed by atoms with Crippen LogP contribution in [0.5, 0.6) is 0 Å². The Morgan fingerprint density at radius 3 is 2.26 bits per heavy atom. The van der Waals surface area contributed by atoms with Gasteiger partial charge in [0.2, 0.25) is 5.91 Å². The predicted octanol–water partition coefficient (Wildman–Crippen LogP) is 4.41. The summed E-state index contributed by atoms with van der Waals surface area (Å²) >= 11 is 0. The summed E-state index contributed by atoms with van der Waals surface area (Å²) in [5, 5.41) is 12.4. The van der Waals surface area contributed by atoms with E-state index in [0.717, 1.165) is 22.3 Å². The number of carboxylic acids is 1. The molecule has 1 fully saturated rings. The Bertz CT molecular complexity index is 1070. The molecule has 4 rings (SSSR count). The number of rotatable bonds is 6. The van der Waals surface area contributed by atoms with E-state index >= 15 is 0 Å². The van der Waals surface area contributed by atoms with Crippen LogP contribution in [0.15, 0.2) is 48.5 Å². The van der Waals surface area contributed by atoms with Crippen molar-refractivity contribution in [2.24, 2.45) is 5.41 Å². The van der Waals surface area contributed by atoms with Crippen LogP contribution in [0.4, 0.5) is 4.79 Å². The maximum atomic E-state index is 13.3. The van der Waals surface area contributed by atoms with E-state index in [0.29, 0.717) is 25.8 Å². The minimum absolute atomic E-state index is 0.0693. The van der Waals surface area contributed by atoms with Gasteiger partial charge in [0, 0.05) is 19.0 Å². The number of carbonyl (C=O) groups excluding carboxylic acids is 2. The molecule has 1 heterocycles. The Balaban J connectivity index is 1.44. The van der Waals surface area contributed by atoms with Crippen LogP contribution in [-0.4, -0.2) is 53.2 Å². The van der Waals surface area contributed by atoms with E-state index in [-0.39, 0.29) is 25.0 Å². The molecular weight excluding hydrogens is 432 g/mol. The molecule has 0 radical (unpaired) electrons. The Morgan fingerprint density at radius 2 is 1.71 bits per heavy atom. The summed E-state index contributed by atoms with van der Waals surface area (Å²) in [5.74, 6) is -1.26. The van der Waals surface area contributed by atoms with Gasteiger partial charge in [0.25, 0.3) is 0 Å². The van der Waals surface area contributed by atoms with Gasteiger partial charge >= 0.3 is 12.1 Å². The highest BCUT2D eigenvalue weighted by molar-refractivity contribution is 5.90. The number of piperidine rings is 1. The third kappa shape index (κ3) is 4.27. The molecule has 0 bridgehead atoms. The summed E-state index contributed by atoms with van der Waals surface area (Å²) in [5.41, 5.74) is 2.37. The number of hydrogen-bond donors (Lipinski definition) is 2. The van der Waals surface area contributed by atoms with Crippen molar-refractivity contribution >= 4 is 18.0 Å². The average Bonchev–Trinajstić information content (AvgIpc) is 3.16. The summed E-state index contributed by atoms with van der Waals surface area (Å²) in [6.45, 7) is 5.92. The van der Waals surface area contributed by atoms with E-state index < -0.39 is 23.0 Å². The summed E-state index contributed by atoms with van der Waals surface area (Å²) < 4.78 is 5.64. The monoisotopic (exact) mass is 464 g/mol. The zero-order valence-electron chi connectivity index (χ0n) is 20.0. The Morgan fingerprint density at radius 1 is 1.12 bits per heavy atom. The van der Waals surface area contributed by atoms with Gasteiger partial charge in [-0.05, 0) is 55.4 Å². The molecule has 7 nitrogen and oxygen atoms in total. The van der Waals surface area contributed by atoms with Crippen molar-refractivity contribution in [3.05, 3.63) is 59.7 Å². The summed E-state index contributed by atoms with van der Waals surface area (Å²) in [7, 11) is 0. The first-order valence-electron chi connectivity index (χ1n) is 11.8. The molecule has 2 aromatic carbocycles. The van der Waals surface area contributed by atoms with Gasteiger partial charge in [-0.2, -0.15) is 0 Å². The molecule has 1 aliphatic carbocycles. The molecule has 2 unspecified atom stereocenters. The first-order chi connectivity index (χ1) is 16.2. The van der Waals surface area contributed by atoms with Crippen LogP contribution in [0.1, 0.15) is 57.1 Å². The molecule has 1 aliphatic heterocycles. The second-order valence-corrected chi connectivity index (χ2v) is 9.83. The standard InChI is InChI=1S/C27H32N2O5/c1-4-27(3,23(30)29-15-9-14-26(2,17-29)24(31)32)28-25(33)34-16-22-20-12-7-5-10-18(20)19-11-6-8-13-21(19)22/h5-8,10-13,22H,4,9,14-17H2,1-3H3,(H,28,33)(H,31,32). The smallest absolute Gasteiger partial charge is 0.408 e. The van der Waals surface area contributed by atoms with Gasteiger partial charge in [0.1, 0.15) is 12.1 Å². The van der Waals surface area contributed by atoms with Gasteiger partial charge in [-0.1, -0.05) is 55.5 Å². The van der Waals surface area contributed by atoms with Crippen molar-refractivity contribution in [3.63, 3.8) is 0 Å². The zero-order chi connectivity index (χ0) is 24.5. The minimum atomic E-state index is -1.18. The van der Waals surface area contributed by atoms with Gasteiger partial charge in [-0.25, -0.2) is 4.79 Å². The normalized spacial score (nSPS) is 21.2. The van der Waals surface area contributed by atoms with Gasteiger partial charge in [-0.15, -0.1) is 0 Å². The van der Waals surface area contributed by atoms with E-state index in [1.54, 1.807) is 18.7 Å². The largest absolute Gasteiger partial charge is 0.481 e. The second kappa shape index (κ2) is 9.12. The lowest BCUT2D eigenvalue weighted by Crippen LogP contribution is -2.60. The second-order valence-electron chi connectivity index (χ2n) is 9.83. The SMILES string of the molecule is CCC(C)(NC(=O)OCC1c2ccccc2-c2ccccc21)C(=O)N1CCCC(C)(C(=O)O)C1. The summed E-state index contributed by atoms with van der Waals surface area (Å²) in [4.78, 5) is 39.4. The number of amides is 2. The van der Waals surface area contributed by atoms with Gasteiger partial charge < -0.3 is 20.1 Å². The van der Waals surface area contributed by atoms with E-state index in [9.17, 15) is 19.5 Å². The molecule has 0 saturated carbocycles. The van der Waals surface area contributed by atoms with E-state index in [4.69, 9.17) is 4.74 Å². The number of hydrogen-bond acceptors (Lipinski definition) is 4. The molecule has 2 aromatic rings. The molecule has 2 atom stereocenters. The van der Waals surface area contributed by atoms with Crippen LogP contribution in [0, 0.1) is 5.41 Å². The fourth-order valence-corrected chi connectivity index (χ4v) is 5.09. The number of alkyl carbamates (subject to hydrolysis) is 1. The lowest BCUT2D eigenvalue weighted by molar-refractivity contribution is -0.155. The van der Waals surface area contributed by atoms with E-state index in [1.807, 2.05) is 31.2 Å². The van der Waals surface area contributed by atoms with Crippen LogP contribution < -0.4 is 5.32 Å². The molecule has 1 saturated heterocycles. The molecule has 0 aromatic heterocycles.